The zero-order chi connectivity index (χ0) is 33.0. The smallest absolute Gasteiger partial charge is 0.209 e. The number of para-hydroxylation sites is 5. The van der Waals surface area contributed by atoms with Crippen molar-refractivity contribution < 1.29 is 0 Å². The fraction of sp³-hybridized carbons (Fsp3) is 0.0217. The van der Waals surface area contributed by atoms with Crippen molar-refractivity contribution in [3.63, 3.8) is 0 Å². The summed E-state index contributed by atoms with van der Waals surface area (Å²) in [5, 5.41) is 8.71. The van der Waals surface area contributed by atoms with Crippen molar-refractivity contribution >= 4 is 55.3 Å². The minimum absolute atomic E-state index is 0.0636. The molecule has 10 rings (SSSR count). The van der Waals surface area contributed by atoms with Gasteiger partial charge in [0.1, 0.15) is 0 Å². The standard InChI is InChI=1S/C46H32N4/c1-4-16-31(17-5-1)40-30-41(32-18-6-2-7-19-32)48-46(47-40)50-43-29-13-11-23-35(43)37-25-15-27-39(45(37)50)38-26-14-24-36-34-22-10-12-28-42(34)49(44(36)38)33-20-8-3-9-21-33/h1-30,40H,(H,47,48). The molecule has 1 N–H and O–H groups in total. The topological polar surface area (TPSA) is 34.2 Å². The Balaban J connectivity index is 1.29. The molecule has 0 saturated carbocycles. The number of hydrogen-bond acceptors (Lipinski definition) is 2. The number of nitrogens with zero attached hydrogens (tertiary/aromatic N) is 3. The molecule has 1 aliphatic heterocycles. The normalized spacial score (nSPS) is 14.6. The van der Waals surface area contributed by atoms with E-state index in [1.54, 1.807) is 0 Å². The molecule has 1 aliphatic rings. The van der Waals surface area contributed by atoms with Gasteiger partial charge in [0, 0.05) is 43.9 Å². The first-order valence-corrected chi connectivity index (χ1v) is 17.1. The molecule has 9 aromatic rings. The minimum Gasteiger partial charge on any atom is -0.345 e. The summed E-state index contributed by atoms with van der Waals surface area (Å²) in [6, 6.07) is 62.6. The zero-order valence-electron chi connectivity index (χ0n) is 27.2. The van der Waals surface area contributed by atoms with Crippen LogP contribution < -0.4 is 5.32 Å². The highest BCUT2D eigenvalue weighted by molar-refractivity contribution is 6.21. The Bertz CT molecular complexity index is 2770. The van der Waals surface area contributed by atoms with Gasteiger partial charge in [-0.15, -0.1) is 0 Å². The highest BCUT2D eigenvalue weighted by Gasteiger charge is 2.25. The first-order chi connectivity index (χ1) is 24.8. The summed E-state index contributed by atoms with van der Waals surface area (Å²) in [4.78, 5) is 5.39. The predicted octanol–water partition coefficient (Wildman–Crippen LogP) is 11.1. The molecule has 1 atom stereocenters. The molecular formula is C46H32N4. The molecule has 0 saturated heterocycles. The molecule has 0 radical (unpaired) electrons. The molecule has 236 valence electrons. The van der Waals surface area contributed by atoms with Gasteiger partial charge in [-0.1, -0.05) is 152 Å². The molecule has 7 aromatic carbocycles. The van der Waals surface area contributed by atoms with E-state index >= 15 is 0 Å². The number of nitrogens with one attached hydrogen (secondary N) is 1. The summed E-state index contributed by atoms with van der Waals surface area (Å²) in [6.45, 7) is 0. The molecule has 4 heteroatoms. The number of fused-ring (bicyclic) bond motifs is 6. The average Bonchev–Trinajstić information content (AvgIpc) is 3.72. The van der Waals surface area contributed by atoms with Crippen molar-refractivity contribution in [1.82, 2.24) is 14.5 Å². The summed E-state index contributed by atoms with van der Waals surface area (Å²) in [6.07, 6.45) is 2.24. The van der Waals surface area contributed by atoms with Crippen LogP contribution in [-0.4, -0.2) is 15.1 Å². The Kier molecular flexibility index (Phi) is 6.53. The monoisotopic (exact) mass is 640 g/mol. The molecule has 0 spiro atoms. The van der Waals surface area contributed by atoms with E-state index in [-0.39, 0.29) is 6.04 Å². The Hall–Kier alpha value is -6.65. The van der Waals surface area contributed by atoms with E-state index in [1.807, 2.05) is 0 Å². The third-order valence-electron chi connectivity index (χ3n) is 9.97. The van der Waals surface area contributed by atoms with E-state index in [2.05, 4.69) is 196 Å². The van der Waals surface area contributed by atoms with Gasteiger partial charge < -0.3 is 9.88 Å². The van der Waals surface area contributed by atoms with Gasteiger partial charge in [-0.25, -0.2) is 4.99 Å². The highest BCUT2D eigenvalue weighted by atomic mass is 15.2. The third-order valence-corrected chi connectivity index (χ3v) is 9.97. The molecule has 2 aromatic heterocycles. The summed E-state index contributed by atoms with van der Waals surface area (Å²) in [5.74, 6) is 0.801. The summed E-state index contributed by atoms with van der Waals surface area (Å²) < 4.78 is 4.77. The molecule has 50 heavy (non-hydrogen) atoms. The van der Waals surface area contributed by atoms with Crippen LogP contribution >= 0.6 is 0 Å². The number of benzene rings is 7. The zero-order valence-corrected chi connectivity index (χ0v) is 27.2. The van der Waals surface area contributed by atoms with Gasteiger partial charge in [0.05, 0.1) is 33.8 Å². The van der Waals surface area contributed by atoms with Crippen LogP contribution in [0.1, 0.15) is 17.2 Å². The maximum absolute atomic E-state index is 5.39. The molecule has 1 unspecified atom stereocenters. The molecule has 4 nitrogen and oxygen atoms in total. The molecular weight excluding hydrogens is 609 g/mol. The van der Waals surface area contributed by atoms with Crippen molar-refractivity contribution in [3.8, 4) is 16.8 Å². The van der Waals surface area contributed by atoms with Crippen LogP contribution in [0.3, 0.4) is 0 Å². The van der Waals surface area contributed by atoms with Gasteiger partial charge in [0.15, 0.2) is 0 Å². The van der Waals surface area contributed by atoms with Crippen LogP contribution in [0.5, 0.6) is 0 Å². The van der Waals surface area contributed by atoms with Crippen LogP contribution in [0, 0.1) is 0 Å². The van der Waals surface area contributed by atoms with Crippen molar-refractivity contribution in [3.05, 3.63) is 193 Å². The molecule has 0 amide bonds. The third kappa shape index (κ3) is 4.42. The van der Waals surface area contributed by atoms with E-state index in [1.165, 1.54) is 43.7 Å². The molecule has 0 aliphatic carbocycles. The average molecular weight is 641 g/mol. The lowest BCUT2D eigenvalue weighted by Crippen LogP contribution is -2.35. The van der Waals surface area contributed by atoms with Gasteiger partial charge in [-0.05, 0) is 35.9 Å². The van der Waals surface area contributed by atoms with E-state index in [0.717, 1.165) is 39.5 Å². The van der Waals surface area contributed by atoms with Crippen molar-refractivity contribution in [2.45, 2.75) is 6.04 Å². The van der Waals surface area contributed by atoms with Crippen LogP contribution in [0.15, 0.2) is 187 Å². The van der Waals surface area contributed by atoms with E-state index in [4.69, 9.17) is 4.99 Å². The van der Waals surface area contributed by atoms with Crippen molar-refractivity contribution in [2.75, 3.05) is 0 Å². The Morgan fingerprint density at radius 3 is 1.58 bits per heavy atom. The first kappa shape index (κ1) is 28.4. The second-order valence-electron chi connectivity index (χ2n) is 12.8. The fourth-order valence-corrected chi connectivity index (χ4v) is 7.78. The maximum Gasteiger partial charge on any atom is 0.209 e. The van der Waals surface area contributed by atoms with Gasteiger partial charge in [-0.3, -0.25) is 4.57 Å². The van der Waals surface area contributed by atoms with E-state index < -0.39 is 0 Å². The van der Waals surface area contributed by atoms with Crippen molar-refractivity contribution in [2.24, 2.45) is 4.99 Å². The molecule has 0 fully saturated rings. The van der Waals surface area contributed by atoms with Gasteiger partial charge in [0.25, 0.3) is 0 Å². The number of aliphatic imine (C=N–C) groups is 1. The maximum atomic E-state index is 5.39. The van der Waals surface area contributed by atoms with Gasteiger partial charge in [0.2, 0.25) is 5.96 Å². The van der Waals surface area contributed by atoms with Gasteiger partial charge >= 0.3 is 0 Å². The molecule has 3 heterocycles. The SMILES string of the molecule is C1=C(c2ccccc2)N=C(n2c3ccccc3c3cccc(-c4cccc5c6ccccc6n(-c6ccccc6)c45)c32)NC1c1ccccc1. The second-order valence-corrected chi connectivity index (χ2v) is 12.8. The largest absolute Gasteiger partial charge is 0.345 e. The number of rotatable bonds is 4. The Morgan fingerprint density at radius 2 is 0.940 bits per heavy atom. The van der Waals surface area contributed by atoms with Crippen LogP contribution in [-0.2, 0) is 0 Å². The Morgan fingerprint density at radius 1 is 0.440 bits per heavy atom. The summed E-state index contributed by atoms with van der Waals surface area (Å²) in [7, 11) is 0. The van der Waals surface area contributed by atoms with E-state index in [9.17, 15) is 0 Å². The predicted molar refractivity (Wildman–Crippen MR) is 209 cm³/mol. The van der Waals surface area contributed by atoms with E-state index in [0.29, 0.717) is 0 Å². The second kappa shape index (κ2) is 11.5. The first-order valence-electron chi connectivity index (χ1n) is 17.1. The number of hydrogen-bond donors (Lipinski definition) is 1. The quantitative estimate of drug-likeness (QED) is 0.204. The lowest BCUT2D eigenvalue weighted by molar-refractivity contribution is 0.760. The lowest BCUT2D eigenvalue weighted by atomic mass is 9.99. The number of aromatic nitrogens is 2. The Labute approximate surface area is 289 Å². The van der Waals surface area contributed by atoms with Crippen LogP contribution in [0.25, 0.3) is 66.1 Å². The summed E-state index contributed by atoms with van der Waals surface area (Å²) >= 11 is 0. The summed E-state index contributed by atoms with van der Waals surface area (Å²) in [5.41, 5.74) is 11.3. The highest BCUT2D eigenvalue weighted by Crippen LogP contribution is 2.42. The van der Waals surface area contributed by atoms with Crippen LogP contribution in [0.4, 0.5) is 0 Å². The van der Waals surface area contributed by atoms with Crippen molar-refractivity contribution in [1.29, 1.82) is 0 Å². The fourth-order valence-electron chi connectivity index (χ4n) is 7.78. The lowest BCUT2D eigenvalue weighted by Gasteiger charge is -2.26. The molecule has 0 bridgehead atoms. The van der Waals surface area contributed by atoms with Crippen LogP contribution in [0.2, 0.25) is 0 Å². The minimum atomic E-state index is -0.0636. The van der Waals surface area contributed by atoms with Gasteiger partial charge in [-0.2, -0.15) is 0 Å².